The molecule has 0 radical (unpaired) electrons. The van der Waals surface area contributed by atoms with Gasteiger partial charge in [0.1, 0.15) is 11.5 Å². The fourth-order valence-corrected chi connectivity index (χ4v) is 2.49. The van der Waals surface area contributed by atoms with E-state index in [1.165, 1.54) is 0 Å². The number of fused-ring (bicyclic) bond motifs is 1. The van der Waals surface area contributed by atoms with Gasteiger partial charge in [-0.3, -0.25) is 4.79 Å². The van der Waals surface area contributed by atoms with Crippen molar-refractivity contribution in [2.24, 2.45) is 5.73 Å². The number of anilines is 1. The van der Waals surface area contributed by atoms with Gasteiger partial charge in [-0.05, 0) is 24.4 Å². The number of carbonyl (C=O) groups excluding carboxylic acids is 1. The lowest BCUT2D eigenvalue weighted by molar-refractivity contribution is -0.141. The molecule has 2 aromatic carbocycles. The molecular weight excluding hydrogens is 284 g/mol. The molecule has 0 saturated carbocycles. The Morgan fingerprint density at radius 2 is 1.90 bits per heavy atom. The minimum Gasteiger partial charge on any atom is -0.465 e. The molecule has 21 heavy (non-hydrogen) atoms. The predicted octanol–water partition coefficient (Wildman–Crippen LogP) is 2.47. The fourth-order valence-electron chi connectivity index (χ4n) is 2.32. The molecule has 0 atom stereocenters. The zero-order valence-electron chi connectivity index (χ0n) is 12.1. The lowest BCUT2D eigenvalue weighted by Gasteiger charge is -2.21. The van der Waals surface area contributed by atoms with Crippen molar-refractivity contribution in [3.05, 3.63) is 42.0 Å². The Labute approximate surface area is 129 Å². The Morgan fingerprint density at radius 1 is 1.24 bits per heavy atom. The first-order valence-electron chi connectivity index (χ1n) is 6.73. The topological polar surface area (TPSA) is 55.6 Å². The van der Waals surface area contributed by atoms with E-state index in [9.17, 15) is 4.79 Å². The normalized spacial score (nSPS) is 10.4. The van der Waals surface area contributed by atoms with Crippen LogP contribution in [0.25, 0.3) is 10.8 Å². The van der Waals surface area contributed by atoms with E-state index >= 15 is 0 Å². The molecular formula is C16H18N2O2S. The van der Waals surface area contributed by atoms with Crippen LogP contribution in [0.15, 0.2) is 36.4 Å². The second-order valence-corrected chi connectivity index (χ2v) is 5.14. The van der Waals surface area contributed by atoms with Crippen molar-refractivity contribution in [2.75, 3.05) is 25.1 Å². The lowest BCUT2D eigenvalue weighted by atomic mass is 10.0. The van der Waals surface area contributed by atoms with Gasteiger partial charge >= 0.3 is 5.97 Å². The number of ether oxygens (including phenoxy) is 1. The third-order valence-electron chi connectivity index (χ3n) is 3.25. The summed E-state index contributed by atoms with van der Waals surface area (Å²) >= 11 is 5.09. The van der Waals surface area contributed by atoms with Crippen LogP contribution >= 0.6 is 12.2 Å². The summed E-state index contributed by atoms with van der Waals surface area (Å²) in [7, 11) is 1.86. The van der Waals surface area contributed by atoms with E-state index in [1.807, 2.05) is 48.3 Å². The first-order valence-corrected chi connectivity index (χ1v) is 7.13. The summed E-state index contributed by atoms with van der Waals surface area (Å²) in [4.78, 5) is 13.9. The Kier molecular flexibility index (Phi) is 4.75. The summed E-state index contributed by atoms with van der Waals surface area (Å²) in [5, 5.41) is 1.99. The van der Waals surface area contributed by atoms with Crippen LogP contribution in [0.2, 0.25) is 0 Å². The Hall–Kier alpha value is -2.14. The Bertz CT molecular complexity index is 685. The van der Waals surface area contributed by atoms with Crippen molar-refractivity contribution < 1.29 is 9.53 Å². The van der Waals surface area contributed by atoms with Crippen molar-refractivity contribution in [1.29, 1.82) is 0 Å². The van der Waals surface area contributed by atoms with Crippen LogP contribution in [0.5, 0.6) is 0 Å². The molecule has 2 aromatic rings. The average molecular weight is 302 g/mol. The van der Waals surface area contributed by atoms with Crippen molar-refractivity contribution in [3.63, 3.8) is 0 Å². The largest absolute Gasteiger partial charge is 0.465 e. The number of hydrogen-bond acceptors (Lipinski definition) is 4. The molecule has 0 heterocycles. The molecule has 0 fully saturated rings. The standard InChI is InChI=1S/C16H18N2O2S/c1-3-20-15(19)10-18(2)14-9-8-13(16(17)21)11-6-4-5-7-12(11)14/h4-9H,3,10H2,1-2H3,(H2,17,21). The summed E-state index contributed by atoms with van der Waals surface area (Å²) in [6.45, 7) is 2.38. The molecule has 110 valence electrons. The van der Waals surface area contributed by atoms with E-state index in [0.29, 0.717) is 11.6 Å². The molecule has 0 amide bonds. The van der Waals surface area contributed by atoms with E-state index < -0.39 is 0 Å². The van der Waals surface area contributed by atoms with E-state index in [0.717, 1.165) is 22.0 Å². The zero-order chi connectivity index (χ0) is 15.4. The van der Waals surface area contributed by atoms with Crippen LogP contribution in [0.3, 0.4) is 0 Å². The number of nitrogens with two attached hydrogens (primary N) is 1. The first-order chi connectivity index (χ1) is 10.0. The number of rotatable bonds is 5. The van der Waals surface area contributed by atoms with Gasteiger partial charge in [0.2, 0.25) is 0 Å². The van der Waals surface area contributed by atoms with Crippen molar-refractivity contribution in [1.82, 2.24) is 0 Å². The van der Waals surface area contributed by atoms with E-state index in [2.05, 4.69) is 0 Å². The van der Waals surface area contributed by atoms with Gasteiger partial charge in [-0.15, -0.1) is 0 Å². The number of hydrogen-bond donors (Lipinski definition) is 1. The predicted molar refractivity (Wildman–Crippen MR) is 89.7 cm³/mol. The van der Waals surface area contributed by atoms with Crippen molar-refractivity contribution >= 4 is 39.6 Å². The number of likely N-dealkylation sites (N-methyl/N-ethyl adjacent to an activating group) is 1. The van der Waals surface area contributed by atoms with Gasteiger partial charge in [0.15, 0.2) is 0 Å². The molecule has 2 rings (SSSR count). The second-order valence-electron chi connectivity index (χ2n) is 4.70. The summed E-state index contributed by atoms with van der Waals surface area (Å²) in [6, 6.07) is 11.7. The van der Waals surface area contributed by atoms with E-state index in [4.69, 9.17) is 22.7 Å². The molecule has 0 unspecified atom stereocenters. The number of thiocarbonyl (C=S) groups is 1. The minimum absolute atomic E-state index is 0.199. The minimum atomic E-state index is -0.248. The summed E-state index contributed by atoms with van der Waals surface area (Å²) in [6.07, 6.45) is 0. The lowest BCUT2D eigenvalue weighted by Crippen LogP contribution is -2.27. The molecule has 0 aliphatic carbocycles. The maximum absolute atomic E-state index is 11.6. The molecule has 0 aliphatic heterocycles. The number of carbonyl (C=O) groups is 1. The third-order valence-corrected chi connectivity index (χ3v) is 3.47. The SMILES string of the molecule is CCOC(=O)CN(C)c1ccc(C(N)=S)c2ccccc12. The maximum atomic E-state index is 11.6. The van der Waals surface area contributed by atoms with Crippen LogP contribution < -0.4 is 10.6 Å². The van der Waals surface area contributed by atoms with Gasteiger partial charge < -0.3 is 15.4 Å². The molecule has 0 bridgehead atoms. The van der Waals surface area contributed by atoms with Crippen molar-refractivity contribution in [2.45, 2.75) is 6.92 Å². The molecule has 0 saturated heterocycles. The molecule has 0 aliphatic rings. The summed E-state index contributed by atoms with van der Waals surface area (Å²) < 4.78 is 4.99. The highest BCUT2D eigenvalue weighted by Crippen LogP contribution is 2.28. The second kappa shape index (κ2) is 6.54. The van der Waals surface area contributed by atoms with Crippen LogP contribution in [0.4, 0.5) is 5.69 Å². The van der Waals surface area contributed by atoms with Gasteiger partial charge in [0, 0.05) is 23.7 Å². The van der Waals surface area contributed by atoms with Crippen LogP contribution in [-0.2, 0) is 9.53 Å². The summed E-state index contributed by atoms with van der Waals surface area (Å²) in [5.41, 5.74) is 7.55. The van der Waals surface area contributed by atoms with Gasteiger partial charge in [-0.1, -0.05) is 36.5 Å². The number of benzene rings is 2. The molecule has 5 heteroatoms. The smallest absolute Gasteiger partial charge is 0.325 e. The highest BCUT2D eigenvalue weighted by atomic mass is 32.1. The first kappa shape index (κ1) is 15.3. The zero-order valence-corrected chi connectivity index (χ0v) is 12.9. The third kappa shape index (κ3) is 3.31. The highest BCUT2D eigenvalue weighted by Gasteiger charge is 2.13. The van der Waals surface area contributed by atoms with Gasteiger partial charge in [0.05, 0.1) is 6.61 Å². The average Bonchev–Trinajstić information content (AvgIpc) is 2.45. The monoisotopic (exact) mass is 302 g/mol. The number of esters is 1. The van der Waals surface area contributed by atoms with Crippen LogP contribution in [0, 0.1) is 0 Å². The van der Waals surface area contributed by atoms with Crippen LogP contribution in [-0.4, -0.2) is 31.2 Å². The molecule has 0 aromatic heterocycles. The van der Waals surface area contributed by atoms with Crippen molar-refractivity contribution in [3.8, 4) is 0 Å². The van der Waals surface area contributed by atoms with E-state index in [-0.39, 0.29) is 12.5 Å². The fraction of sp³-hybridized carbons (Fsp3) is 0.250. The van der Waals surface area contributed by atoms with Crippen LogP contribution in [0.1, 0.15) is 12.5 Å². The van der Waals surface area contributed by atoms with Gasteiger partial charge in [-0.25, -0.2) is 0 Å². The van der Waals surface area contributed by atoms with E-state index in [1.54, 1.807) is 6.92 Å². The number of nitrogens with zero attached hydrogens (tertiary/aromatic N) is 1. The Morgan fingerprint density at radius 3 is 2.52 bits per heavy atom. The molecule has 2 N–H and O–H groups in total. The quantitative estimate of drug-likeness (QED) is 0.679. The molecule has 4 nitrogen and oxygen atoms in total. The van der Waals surface area contributed by atoms with Gasteiger partial charge in [0.25, 0.3) is 0 Å². The maximum Gasteiger partial charge on any atom is 0.325 e. The van der Waals surface area contributed by atoms with Gasteiger partial charge in [-0.2, -0.15) is 0 Å². The summed E-state index contributed by atoms with van der Waals surface area (Å²) in [5.74, 6) is -0.248. The molecule has 0 spiro atoms. The Balaban J connectivity index is 2.43. The highest BCUT2D eigenvalue weighted by molar-refractivity contribution is 7.80.